The number of benzene rings is 1. The highest BCUT2D eigenvalue weighted by Gasteiger charge is 2.34. The van der Waals surface area contributed by atoms with Gasteiger partial charge in [0.2, 0.25) is 0 Å². The zero-order valence-corrected chi connectivity index (χ0v) is 13.3. The van der Waals surface area contributed by atoms with Crippen molar-refractivity contribution in [1.29, 1.82) is 0 Å². The lowest BCUT2D eigenvalue weighted by atomic mass is 10.1. The van der Waals surface area contributed by atoms with Crippen LogP contribution in [0.25, 0.3) is 0 Å². The lowest BCUT2D eigenvalue weighted by Gasteiger charge is -2.24. The van der Waals surface area contributed by atoms with Gasteiger partial charge in [0, 0.05) is 4.47 Å². The van der Waals surface area contributed by atoms with Crippen molar-refractivity contribution in [3.05, 3.63) is 33.8 Å². The molecule has 2 N–H and O–H groups in total. The Morgan fingerprint density at radius 1 is 1.33 bits per heavy atom. The van der Waals surface area contributed by atoms with Crippen LogP contribution in [0.2, 0.25) is 0 Å². The minimum absolute atomic E-state index is 0.304. The predicted molar refractivity (Wildman–Crippen MR) is 76.7 cm³/mol. The molecule has 1 rings (SSSR count). The fraction of sp³-hybridized carbons (Fsp3) is 0.500. The summed E-state index contributed by atoms with van der Waals surface area (Å²) in [4.78, 5) is 0. The Bertz CT molecular complexity index is 443. The summed E-state index contributed by atoms with van der Waals surface area (Å²) in [6.45, 7) is 6.07. The summed E-state index contributed by atoms with van der Waals surface area (Å²) in [6.07, 6.45) is 0. The molecule has 0 unspecified atom stereocenters. The van der Waals surface area contributed by atoms with Crippen LogP contribution in [0.5, 0.6) is 0 Å². The molecule has 0 bridgehead atoms. The predicted octanol–water partition coefficient (Wildman–Crippen LogP) is 3.98. The molecule has 18 heavy (non-hydrogen) atoms. The summed E-state index contributed by atoms with van der Waals surface area (Å²) < 4.78 is 24.0. The molecule has 0 heterocycles. The van der Waals surface area contributed by atoms with Crippen molar-refractivity contribution in [2.75, 3.05) is 13.2 Å². The van der Waals surface area contributed by atoms with E-state index in [-0.39, 0.29) is 0 Å². The fourth-order valence-electron chi connectivity index (χ4n) is 1.66. The maximum absolute atomic E-state index is 12.6. The second-order valence-corrected chi connectivity index (χ2v) is 6.89. The van der Waals surface area contributed by atoms with E-state index in [9.17, 15) is 4.57 Å². The van der Waals surface area contributed by atoms with Crippen LogP contribution < -0.4 is 5.73 Å². The molecule has 0 saturated heterocycles. The molecule has 0 fully saturated rings. The number of aryl methyl sites for hydroxylation is 1. The Labute approximate surface area is 117 Å². The van der Waals surface area contributed by atoms with Crippen LogP contribution in [0.3, 0.4) is 0 Å². The van der Waals surface area contributed by atoms with Gasteiger partial charge in [-0.05, 0) is 44.0 Å². The summed E-state index contributed by atoms with van der Waals surface area (Å²) in [7, 11) is -3.32. The van der Waals surface area contributed by atoms with E-state index < -0.39 is 13.4 Å². The van der Waals surface area contributed by atoms with Crippen LogP contribution in [0, 0.1) is 6.92 Å². The molecule has 0 aliphatic rings. The first-order valence-corrected chi connectivity index (χ1v) is 8.25. The maximum atomic E-state index is 12.6. The van der Waals surface area contributed by atoms with Crippen molar-refractivity contribution >= 4 is 23.5 Å². The van der Waals surface area contributed by atoms with Crippen molar-refractivity contribution in [2.24, 2.45) is 5.73 Å². The molecule has 0 aromatic heterocycles. The molecule has 1 atom stereocenters. The van der Waals surface area contributed by atoms with Crippen molar-refractivity contribution in [3.63, 3.8) is 0 Å². The molecule has 0 saturated carbocycles. The monoisotopic (exact) mass is 335 g/mol. The van der Waals surface area contributed by atoms with Crippen molar-refractivity contribution in [3.8, 4) is 0 Å². The molecular weight excluding hydrogens is 317 g/mol. The van der Waals surface area contributed by atoms with Gasteiger partial charge in [-0.3, -0.25) is 4.57 Å². The van der Waals surface area contributed by atoms with E-state index in [0.29, 0.717) is 13.2 Å². The average molecular weight is 336 g/mol. The number of hydrogen-bond acceptors (Lipinski definition) is 4. The molecule has 4 nitrogen and oxygen atoms in total. The Morgan fingerprint density at radius 2 is 1.89 bits per heavy atom. The van der Waals surface area contributed by atoms with Crippen molar-refractivity contribution in [2.45, 2.75) is 26.6 Å². The van der Waals surface area contributed by atoms with Crippen LogP contribution >= 0.6 is 23.5 Å². The zero-order chi connectivity index (χ0) is 13.8. The number of rotatable bonds is 6. The molecule has 1 aromatic carbocycles. The third-order valence-electron chi connectivity index (χ3n) is 2.52. The van der Waals surface area contributed by atoms with Gasteiger partial charge in [0.25, 0.3) is 0 Å². The van der Waals surface area contributed by atoms with E-state index in [2.05, 4.69) is 15.9 Å². The van der Waals surface area contributed by atoms with E-state index in [1.165, 1.54) is 0 Å². The molecule has 0 amide bonds. The van der Waals surface area contributed by atoms with Gasteiger partial charge in [-0.25, -0.2) is 0 Å². The number of halogens is 1. The van der Waals surface area contributed by atoms with E-state index in [1.807, 2.05) is 25.1 Å². The third-order valence-corrected chi connectivity index (χ3v) is 5.21. The Morgan fingerprint density at radius 3 is 2.39 bits per heavy atom. The van der Waals surface area contributed by atoms with Gasteiger partial charge in [-0.15, -0.1) is 0 Å². The summed E-state index contributed by atoms with van der Waals surface area (Å²) in [5.74, 6) is -0.769. The molecule has 0 spiro atoms. The van der Waals surface area contributed by atoms with Gasteiger partial charge in [0.05, 0.1) is 13.2 Å². The number of nitrogens with two attached hydrogens (primary N) is 1. The van der Waals surface area contributed by atoms with E-state index in [4.69, 9.17) is 14.8 Å². The van der Waals surface area contributed by atoms with Gasteiger partial charge in [0.1, 0.15) is 5.78 Å². The SMILES string of the molecule is CCOP(=O)(OCC)[C@H](N)c1cc(Br)ccc1C. The lowest BCUT2D eigenvalue weighted by Crippen LogP contribution is -2.16. The third kappa shape index (κ3) is 3.65. The fourth-order valence-corrected chi connectivity index (χ4v) is 3.77. The maximum Gasteiger partial charge on any atom is 0.351 e. The smallest absolute Gasteiger partial charge is 0.314 e. The van der Waals surface area contributed by atoms with Crippen molar-refractivity contribution < 1.29 is 13.6 Å². The number of hydrogen-bond donors (Lipinski definition) is 1. The van der Waals surface area contributed by atoms with Crippen molar-refractivity contribution in [1.82, 2.24) is 0 Å². The van der Waals surface area contributed by atoms with Gasteiger partial charge >= 0.3 is 7.60 Å². The van der Waals surface area contributed by atoms with Crippen LogP contribution in [0.1, 0.15) is 30.8 Å². The Balaban J connectivity index is 3.13. The lowest BCUT2D eigenvalue weighted by molar-refractivity contribution is 0.212. The second kappa shape index (κ2) is 6.83. The first-order chi connectivity index (χ1) is 8.44. The molecule has 0 radical (unpaired) electrons. The Kier molecular flexibility index (Phi) is 6.02. The molecule has 6 heteroatoms. The van der Waals surface area contributed by atoms with Crippen LogP contribution in [0.15, 0.2) is 22.7 Å². The van der Waals surface area contributed by atoms with Crippen LogP contribution in [0.4, 0.5) is 0 Å². The first-order valence-electron chi connectivity index (χ1n) is 5.85. The molecule has 1 aromatic rings. The highest BCUT2D eigenvalue weighted by Crippen LogP contribution is 2.58. The van der Waals surface area contributed by atoms with Gasteiger partial charge < -0.3 is 14.8 Å². The summed E-state index contributed by atoms with van der Waals surface area (Å²) in [5.41, 5.74) is 7.82. The standard InChI is InChI=1S/C12H19BrNO3P/c1-4-16-18(15,17-5-2)12(14)11-8-10(13)7-6-9(11)3/h6-8,12H,4-5,14H2,1-3H3/t12-/m0/s1. The largest absolute Gasteiger partial charge is 0.351 e. The van der Waals surface area contributed by atoms with Crippen LogP contribution in [-0.2, 0) is 13.6 Å². The topological polar surface area (TPSA) is 61.5 Å². The van der Waals surface area contributed by atoms with E-state index >= 15 is 0 Å². The summed E-state index contributed by atoms with van der Waals surface area (Å²) in [6, 6.07) is 5.68. The Hall–Kier alpha value is -0.190. The minimum atomic E-state index is -3.32. The van der Waals surface area contributed by atoms with Gasteiger partial charge in [-0.1, -0.05) is 22.0 Å². The van der Waals surface area contributed by atoms with E-state index in [0.717, 1.165) is 15.6 Å². The highest BCUT2D eigenvalue weighted by atomic mass is 79.9. The minimum Gasteiger partial charge on any atom is -0.314 e. The zero-order valence-electron chi connectivity index (χ0n) is 10.9. The average Bonchev–Trinajstić information content (AvgIpc) is 2.32. The van der Waals surface area contributed by atoms with Gasteiger partial charge in [-0.2, -0.15) is 0 Å². The van der Waals surface area contributed by atoms with Gasteiger partial charge in [0.15, 0.2) is 0 Å². The molecule has 0 aliphatic carbocycles. The quantitative estimate of drug-likeness (QED) is 0.798. The molecule has 102 valence electrons. The van der Waals surface area contributed by atoms with E-state index in [1.54, 1.807) is 13.8 Å². The first kappa shape index (κ1) is 15.9. The molecular formula is C12H19BrNO3P. The van der Waals surface area contributed by atoms with Crippen LogP contribution in [-0.4, -0.2) is 13.2 Å². The highest BCUT2D eigenvalue weighted by molar-refractivity contribution is 9.10. The summed E-state index contributed by atoms with van der Waals surface area (Å²) >= 11 is 3.38. The normalized spacial score (nSPS) is 13.6. The second-order valence-electron chi connectivity index (χ2n) is 3.82. The summed E-state index contributed by atoms with van der Waals surface area (Å²) in [5, 5.41) is 0. The molecule has 0 aliphatic heterocycles.